The molecule has 0 atom stereocenters. The van der Waals surface area contributed by atoms with E-state index in [1.807, 2.05) is 30.3 Å². The standard InChI is InChI=1S/C16H15F/c1-2-6-16(13-7-4-3-5-8-13)14-9-11-15(17)12-10-14/h3-12H,2H2,1H3/b16-6+. The Hall–Kier alpha value is -1.89. The maximum absolute atomic E-state index is 12.9. The molecule has 0 fully saturated rings. The van der Waals surface area contributed by atoms with Crippen LogP contribution in [0.25, 0.3) is 5.57 Å². The van der Waals surface area contributed by atoms with Crippen LogP contribution in [0.4, 0.5) is 4.39 Å². The molecule has 0 bridgehead atoms. The molecule has 0 aliphatic rings. The van der Waals surface area contributed by atoms with Crippen molar-refractivity contribution in [3.8, 4) is 0 Å². The number of hydrogen-bond donors (Lipinski definition) is 0. The molecule has 0 saturated heterocycles. The third-order valence-electron chi connectivity index (χ3n) is 2.65. The summed E-state index contributed by atoms with van der Waals surface area (Å²) in [6, 6.07) is 16.8. The second-order valence-electron chi connectivity index (χ2n) is 3.90. The molecule has 0 aliphatic carbocycles. The quantitative estimate of drug-likeness (QED) is 0.713. The first-order valence-electron chi connectivity index (χ1n) is 5.83. The minimum absolute atomic E-state index is 0.197. The van der Waals surface area contributed by atoms with Gasteiger partial charge >= 0.3 is 0 Å². The Balaban J connectivity index is 2.44. The predicted molar refractivity (Wildman–Crippen MR) is 70.2 cm³/mol. The highest BCUT2D eigenvalue weighted by atomic mass is 19.1. The van der Waals surface area contributed by atoms with Crippen molar-refractivity contribution in [1.29, 1.82) is 0 Å². The summed E-state index contributed by atoms with van der Waals surface area (Å²) < 4.78 is 12.9. The topological polar surface area (TPSA) is 0 Å². The van der Waals surface area contributed by atoms with Gasteiger partial charge in [0, 0.05) is 0 Å². The molecule has 17 heavy (non-hydrogen) atoms. The summed E-state index contributed by atoms with van der Waals surface area (Å²) in [5, 5.41) is 0. The van der Waals surface area contributed by atoms with E-state index in [4.69, 9.17) is 0 Å². The Morgan fingerprint density at radius 3 is 2.12 bits per heavy atom. The summed E-state index contributed by atoms with van der Waals surface area (Å²) in [6.07, 6.45) is 3.13. The first kappa shape index (κ1) is 11.6. The van der Waals surface area contributed by atoms with Crippen molar-refractivity contribution in [3.05, 3.63) is 77.6 Å². The van der Waals surface area contributed by atoms with Crippen molar-refractivity contribution >= 4 is 5.57 Å². The van der Waals surface area contributed by atoms with Gasteiger partial charge in [-0.25, -0.2) is 4.39 Å². The Morgan fingerprint density at radius 2 is 1.53 bits per heavy atom. The molecule has 2 rings (SSSR count). The number of rotatable bonds is 3. The van der Waals surface area contributed by atoms with Crippen LogP contribution in [0.3, 0.4) is 0 Å². The Kier molecular flexibility index (Phi) is 3.71. The first-order chi connectivity index (χ1) is 8.31. The van der Waals surface area contributed by atoms with Crippen LogP contribution in [0.15, 0.2) is 60.7 Å². The molecule has 0 unspecified atom stereocenters. The van der Waals surface area contributed by atoms with Crippen molar-refractivity contribution in [3.63, 3.8) is 0 Å². The molecule has 1 heteroatoms. The minimum atomic E-state index is -0.197. The molecule has 0 spiro atoms. The summed E-state index contributed by atoms with van der Waals surface area (Å²) in [5.74, 6) is -0.197. The van der Waals surface area contributed by atoms with E-state index in [0.717, 1.165) is 17.6 Å². The first-order valence-corrected chi connectivity index (χ1v) is 5.83. The molecule has 0 radical (unpaired) electrons. The molecule has 0 aromatic heterocycles. The fourth-order valence-electron chi connectivity index (χ4n) is 1.85. The van der Waals surface area contributed by atoms with E-state index in [0.29, 0.717) is 0 Å². The van der Waals surface area contributed by atoms with Gasteiger partial charge in [0.25, 0.3) is 0 Å². The van der Waals surface area contributed by atoms with Gasteiger partial charge in [0.05, 0.1) is 0 Å². The van der Waals surface area contributed by atoms with Gasteiger partial charge in [-0.05, 0) is 35.3 Å². The summed E-state index contributed by atoms with van der Waals surface area (Å²) in [4.78, 5) is 0. The van der Waals surface area contributed by atoms with Gasteiger partial charge in [-0.3, -0.25) is 0 Å². The molecule has 0 nitrogen and oxygen atoms in total. The SMILES string of the molecule is CC/C=C(\c1ccccc1)c1ccc(F)cc1. The maximum atomic E-state index is 12.9. The lowest BCUT2D eigenvalue weighted by atomic mass is 9.97. The van der Waals surface area contributed by atoms with E-state index in [1.54, 1.807) is 0 Å². The summed E-state index contributed by atoms with van der Waals surface area (Å²) in [6.45, 7) is 2.10. The molecule has 0 heterocycles. The summed E-state index contributed by atoms with van der Waals surface area (Å²) >= 11 is 0. The van der Waals surface area contributed by atoms with E-state index >= 15 is 0 Å². The normalized spacial score (nSPS) is 11.5. The number of allylic oxidation sites excluding steroid dienone is 1. The van der Waals surface area contributed by atoms with Crippen molar-refractivity contribution < 1.29 is 4.39 Å². The molecular weight excluding hydrogens is 211 g/mol. The van der Waals surface area contributed by atoms with Gasteiger partial charge in [-0.15, -0.1) is 0 Å². The van der Waals surface area contributed by atoms with E-state index in [9.17, 15) is 4.39 Å². The minimum Gasteiger partial charge on any atom is -0.207 e. The Bertz CT molecular complexity index is 495. The lowest BCUT2D eigenvalue weighted by Crippen LogP contribution is -1.88. The highest BCUT2D eigenvalue weighted by Crippen LogP contribution is 2.23. The van der Waals surface area contributed by atoms with Crippen LogP contribution < -0.4 is 0 Å². The highest BCUT2D eigenvalue weighted by molar-refractivity contribution is 5.79. The molecule has 0 amide bonds. The second kappa shape index (κ2) is 5.44. The van der Waals surface area contributed by atoms with E-state index < -0.39 is 0 Å². The van der Waals surface area contributed by atoms with Crippen molar-refractivity contribution in [2.45, 2.75) is 13.3 Å². The van der Waals surface area contributed by atoms with Crippen LogP contribution in [0, 0.1) is 5.82 Å². The van der Waals surface area contributed by atoms with Crippen LogP contribution in [0.1, 0.15) is 24.5 Å². The molecule has 86 valence electrons. The van der Waals surface area contributed by atoms with Crippen LogP contribution in [0.2, 0.25) is 0 Å². The van der Waals surface area contributed by atoms with Gasteiger partial charge in [0.2, 0.25) is 0 Å². The third-order valence-corrected chi connectivity index (χ3v) is 2.65. The zero-order valence-corrected chi connectivity index (χ0v) is 9.86. The lowest BCUT2D eigenvalue weighted by molar-refractivity contribution is 0.627. The van der Waals surface area contributed by atoms with Gasteiger partial charge in [0.15, 0.2) is 0 Å². The largest absolute Gasteiger partial charge is 0.207 e. The Morgan fingerprint density at radius 1 is 0.941 bits per heavy atom. The monoisotopic (exact) mass is 226 g/mol. The summed E-state index contributed by atoms with van der Waals surface area (Å²) in [5.41, 5.74) is 3.38. The van der Waals surface area contributed by atoms with Crippen molar-refractivity contribution in [2.75, 3.05) is 0 Å². The molecule has 0 aliphatic heterocycles. The van der Waals surface area contributed by atoms with Crippen molar-refractivity contribution in [2.24, 2.45) is 0 Å². The van der Waals surface area contributed by atoms with Gasteiger partial charge in [-0.1, -0.05) is 55.5 Å². The molecule has 0 N–H and O–H groups in total. The van der Waals surface area contributed by atoms with Crippen LogP contribution in [-0.2, 0) is 0 Å². The second-order valence-corrected chi connectivity index (χ2v) is 3.90. The smallest absolute Gasteiger partial charge is 0.123 e. The molecule has 0 saturated carbocycles. The van der Waals surface area contributed by atoms with Crippen LogP contribution >= 0.6 is 0 Å². The van der Waals surface area contributed by atoms with Gasteiger partial charge < -0.3 is 0 Å². The molecule has 2 aromatic rings. The average Bonchev–Trinajstić information content (AvgIpc) is 2.38. The van der Waals surface area contributed by atoms with Crippen LogP contribution in [-0.4, -0.2) is 0 Å². The zero-order chi connectivity index (χ0) is 12.1. The lowest BCUT2D eigenvalue weighted by Gasteiger charge is -2.08. The van der Waals surface area contributed by atoms with Gasteiger partial charge in [0.1, 0.15) is 5.82 Å². The van der Waals surface area contributed by atoms with E-state index in [2.05, 4.69) is 25.1 Å². The number of halogens is 1. The Labute approximate surface area is 101 Å². The fourth-order valence-corrected chi connectivity index (χ4v) is 1.85. The van der Waals surface area contributed by atoms with Crippen LogP contribution in [0.5, 0.6) is 0 Å². The zero-order valence-electron chi connectivity index (χ0n) is 9.86. The maximum Gasteiger partial charge on any atom is 0.123 e. The summed E-state index contributed by atoms with van der Waals surface area (Å²) in [7, 11) is 0. The highest BCUT2D eigenvalue weighted by Gasteiger charge is 2.03. The third kappa shape index (κ3) is 2.82. The van der Waals surface area contributed by atoms with E-state index in [1.165, 1.54) is 17.7 Å². The van der Waals surface area contributed by atoms with Crippen molar-refractivity contribution in [1.82, 2.24) is 0 Å². The fraction of sp³-hybridized carbons (Fsp3) is 0.125. The molecular formula is C16H15F. The average molecular weight is 226 g/mol. The molecule has 2 aromatic carbocycles. The predicted octanol–water partition coefficient (Wildman–Crippen LogP) is 4.67. The van der Waals surface area contributed by atoms with E-state index in [-0.39, 0.29) is 5.82 Å². The van der Waals surface area contributed by atoms with Gasteiger partial charge in [-0.2, -0.15) is 0 Å². The number of hydrogen-bond acceptors (Lipinski definition) is 0. The number of benzene rings is 2.